The molecular formula is C16H20O4. The standard InChI is InChI=1S/C16H20O4/c1-4-19-15(17)11-14(16(18)20-5-2)10-13-8-6-12(3)7-9-13/h6-10H,4-5,11H2,1-3H3/b14-10+. The molecule has 0 bridgehead atoms. The van der Waals surface area contributed by atoms with Crippen LogP contribution < -0.4 is 0 Å². The third kappa shape index (κ3) is 5.26. The van der Waals surface area contributed by atoms with Crippen molar-refractivity contribution in [1.29, 1.82) is 0 Å². The molecule has 0 amide bonds. The SMILES string of the molecule is CCOC(=O)C/C(=C\c1ccc(C)cc1)C(=O)OCC. The number of hydrogen-bond donors (Lipinski definition) is 0. The predicted octanol–water partition coefficient (Wildman–Crippen LogP) is 2.89. The second-order valence-electron chi connectivity index (χ2n) is 4.28. The number of aryl methyl sites for hydroxylation is 1. The van der Waals surface area contributed by atoms with E-state index in [2.05, 4.69) is 0 Å². The Hall–Kier alpha value is -2.10. The van der Waals surface area contributed by atoms with E-state index < -0.39 is 11.9 Å². The number of benzene rings is 1. The summed E-state index contributed by atoms with van der Waals surface area (Å²) >= 11 is 0. The lowest BCUT2D eigenvalue weighted by Gasteiger charge is -2.07. The molecule has 0 saturated carbocycles. The van der Waals surface area contributed by atoms with Crippen LogP contribution in [0.1, 0.15) is 31.4 Å². The minimum atomic E-state index is -0.485. The normalized spacial score (nSPS) is 11.1. The summed E-state index contributed by atoms with van der Waals surface area (Å²) in [6.45, 7) is 6.00. The number of esters is 2. The van der Waals surface area contributed by atoms with Gasteiger partial charge in [-0.3, -0.25) is 4.79 Å². The maximum atomic E-state index is 11.9. The van der Waals surface area contributed by atoms with Crippen molar-refractivity contribution in [3.63, 3.8) is 0 Å². The van der Waals surface area contributed by atoms with Gasteiger partial charge < -0.3 is 9.47 Å². The quantitative estimate of drug-likeness (QED) is 0.592. The van der Waals surface area contributed by atoms with Crippen molar-refractivity contribution >= 4 is 18.0 Å². The molecule has 0 aliphatic rings. The van der Waals surface area contributed by atoms with Crippen molar-refractivity contribution in [1.82, 2.24) is 0 Å². The molecule has 1 aromatic carbocycles. The third-order valence-corrected chi connectivity index (χ3v) is 2.60. The van der Waals surface area contributed by atoms with Crippen molar-refractivity contribution in [2.75, 3.05) is 13.2 Å². The van der Waals surface area contributed by atoms with Crippen LogP contribution in [0.5, 0.6) is 0 Å². The van der Waals surface area contributed by atoms with E-state index in [0.717, 1.165) is 11.1 Å². The van der Waals surface area contributed by atoms with Crippen molar-refractivity contribution in [3.8, 4) is 0 Å². The highest BCUT2D eigenvalue weighted by Crippen LogP contribution is 2.13. The molecule has 0 radical (unpaired) electrons. The molecule has 1 aromatic rings. The van der Waals surface area contributed by atoms with Gasteiger partial charge in [-0.1, -0.05) is 29.8 Å². The summed E-state index contributed by atoms with van der Waals surface area (Å²) in [5, 5.41) is 0. The molecule has 0 aliphatic carbocycles. The Kier molecular flexibility index (Phi) is 6.50. The van der Waals surface area contributed by atoms with E-state index in [-0.39, 0.29) is 13.0 Å². The van der Waals surface area contributed by atoms with E-state index in [4.69, 9.17) is 9.47 Å². The maximum absolute atomic E-state index is 11.9. The molecule has 0 heterocycles. The Bertz CT molecular complexity index is 486. The molecule has 0 saturated heterocycles. The van der Waals surface area contributed by atoms with Gasteiger partial charge in [0.15, 0.2) is 0 Å². The molecule has 0 spiro atoms. The van der Waals surface area contributed by atoms with Gasteiger partial charge in [0.2, 0.25) is 0 Å². The summed E-state index contributed by atoms with van der Waals surface area (Å²) in [5.41, 5.74) is 2.28. The zero-order valence-corrected chi connectivity index (χ0v) is 12.1. The van der Waals surface area contributed by atoms with Crippen molar-refractivity contribution in [3.05, 3.63) is 41.0 Å². The average molecular weight is 276 g/mol. The fraction of sp³-hybridized carbons (Fsp3) is 0.375. The average Bonchev–Trinajstić information content (AvgIpc) is 2.41. The van der Waals surface area contributed by atoms with Crippen LogP contribution in [0.15, 0.2) is 29.8 Å². The first kappa shape index (κ1) is 16.0. The summed E-state index contributed by atoms with van der Waals surface area (Å²) < 4.78 is 9.83. The molecule has 0 aromatic heterocycles. The Morgan fingerprint density at radius 3 is 2.20 bits per heavy atom. The van der Waals surface area contributed by atoms with Crippen LogP contribution in [-0.4, -0.2) is 25.2 Å². The van der Waals surface area contributed by atoms with Crippen molar-refractivity contribution < 1.29 is 19.1 Å². The van der Waals surface area contributed by atoms with E-state index in [1.165, 1.54) is 0 Å². The Labute approximate surface area is 119 Å². The van der Waals surface area contributed by atoms with Gasteiger partial charge in [0, 0.05) is 5.57 Å². The Balaban J connectivity index is 2.93. The smallest absolute Gasteiger partial charge is 0.334 e. The number of rotatable bonds is 6. The predicted molar refractivity (Wildman–Crippen MR) is 77.0 cm³/mol. The highest BCUT2D eigenvalue weighted by molar-refractivity contribution is 5.98. The zero-order valence-electron chi connectivity index (χ0n) is 12.1. The minimum absolute atomic E-state index is 0.0828. The van der Waals surface area contributed by atoms with Gasteiger partial charge in [-0.05, 0) is 32.4 Å². The van der Waals surface area contributed by atoms with Crippen LogP contribution in [0, 0.1) is 6.92 Å². The lowest BCUT2D eigenvalue weighted by molar-refractivity contribution is -0.145. The second kappa shape index (κ2) is 8.15. The summed E-state index contributed by atoms with van der Waals surface area (Å²) in [4.78, 5) is 23.4. The Morgan fingerprint density at radius 2 is 1.65 bits per heavy atom. The fourth-order valence-corrected chi connectivity index (χ4v) is 1.64. The van der Waals surface area contributed by atoms with Crippen LogP contribution in [0.3, 0.4) is 0 Å². The summed E-state index contributed by atoms with van der Waals surface area (Å²) in [5.74, 6) is -0.917. The van der Waals surface area contributed by atoms with Crippen LogP contribution in [0.25, 0.3) is 6.08 Å². The van der Waals surface area contributed by atoms with Gasteiger partial charge in [0.25, 0.3) is 0 Å². The first-order chi connectivity index (χ1) is 9.56. The Morgan fingerprint density at radius 1 is 1.05 bits per heavy atom. The van der Waals surface area contributed by atoms with E-state index in [1.807, 2.05) is 31.2 Å². The van der Waals surface area contributed by atoms with Crippen molar-refractivity contribution in [2.24, 2.45) is 0 Å². The first-order valence-corrected chi connectivity index (χ1v) is 6.66. The van der Waals surface area contributed by atoms with Crippen LogP contribution >= 0.6 is 0 Å². The van der Waals surface area contributed by atoms with E-state index >= 15 is 0 Å². The largest absolute Gasteiger partial charge is 0.466 e. The van der Waals surface area contributed by atoms with Gasteiger partial charge in [0.1, 0.15) is 0 Å². The van der Waals surface area contributed by atoms with Crippen LogP contribution in [0.2, 0.25) is 0 Å². The topological polar surface area (TPSA) is 52.6 Å². The van der Waals surface area contributed by atoms with E-state index in [0.29, 0.717) is 12.2 Å². The van der Waals surface area contributed by atoms with Crippen LogP contribution in [0.4, 0.5) is 0 Å². The van der Waals surface area contributed by atoms with Gasteiger partial charge in [0.05, 0.1) is 19.6 Å². The lowest BCUT2D eigenvalue weighted by atomic mass is 10.1. The second-order valence-corrected chi connectivity index (χ2v) is 4.28. The molecule has 0 fully saturated rings. The zero-order chi connectivity index (χ0) is 15.0. The molecule has 4 nitrogen and oxygen atoms in total. The summed E-state index contributed by atoms with van der Waals surface area (Å²) in [6, 6.07) is 7.66. The first-order valence-electron chi connectivity index (χ1n) is 6.66. The minimum Gasteiger partial charge on any atom is -0.466 e. The highest BCUT2D eigenvalue weighted by Gasteiger charge is 2.15. The molecular weight excluding hydrogens is 256 g/mol. The van der Waals surface area contributed by atoms with Gasteiger partial charge in [-0.2, -0.15) is 0 Å². The number of carbonyl (C=O) groups excluding carboxylic acids is 2. The summed E-state index contributed by atoms with van der Waals surface area (Å²) in [7, 11) is 0. The number of carbonyl (C=O) groups is 2. The number of ether oxygens (including phenoxy) is 2. The molecule has 4 heteroatoms. The molecule has 0 N–H and O–H groups in total. The molecule has 0 aliphatic heterocycles. The van der Waals surface area contributed by atoms with Gasteiger partial charge in [-0.15, -0.1) is 0 Å². The van der Waals surface area contributed by atoms with Gasteiger partial charge >= 0.3 is 11.9 Å². The van der Waals surface area contributed by atoms with Gasteiger partial charge in [-0.25, -0.2) is 4.79 Å². The fourth-order valence-electron chi connectivity index (χ4n) is 1.64. The lowest BCUT2D eigenvalue weighted by Crippen LogP contribution is -2.13. The summed E-state index contributed by atoms with van der Waals surface area (Å²) in [6.07, 6.45) is 1.58. The van der Waals surface area contributed by atoms with E-state index in [1.54, 1.807) is 19.9 Å². The molecule has 0 atom stereocenters. The monoisotopic (exact) mass is 276 g/mol. The van der Waals surface area contributed by atoms with Crippen LogP contribution in [-0.2, 0) is 19.1 Å². The van der Waals surface area contributed by atoms with E-state index in [9.17, 15) is 9.59 Å². The molecule has 108 valence electrons. The number of hydrogen-bond acceptors (Lipinski definition) is 4. The van der Waals surface area contributed by atoms with Crippen molar-refractivity contribution in [2.45, 2.75) is 27.2 Å². The molecule has 20 heavy (non-hydrogen) atoms. The molecule has 0 unspecified atom stereocenters. The third-order valence-electron chi connectivity index (χ3n) is 2.60. The maximum Gasteiger partial charge on any atom is 0.334 e. The highest BCUT2D eigenvalue weighted by atomic mass is 16.5. The molecule has 1 rings (SSSR count).